The van der Waals surface area contributed by atoms with Gasteiger partial charge >= 0.3 is 0 Å². The predicted molar refractivity (Wildman–Crippen MR) is 70.4 cm³/mol. The molecule has 0 aromatic carbocycles. The van der Waals surface area contributed by atoms with Crippen LogP contribution in [0, 0.1) is 12.8 Å². The molecular weight excluding hydrogens is 242 g/mol. The molecule has 1 atom stereocenters. The zero-order chi connectivity index (χ0) is 13.2. The van der Waals surface area contributed by atoms with E-state index in [9.17, 15) is 0 Å². The number of rotatable bonds is 4. The highest BCUT2D eigenvalue weighted by Crippen LogP contribution is 2.28. The summed E-state index contributed by atoms with van der Waals surface area (Å²) in [6, 6.07) is 1.97. The first-order valence-corrected chi connectivity index (χ1v) is 6.86. The molecule has 1 fully saturated rings. The number of nitrogens with two attached hydrogens (primary N) is 1. The van der Waals surface area contributed by atoms with Crippen molar-refractivity contribution in [2.45, 2.75) is 45.1 Å². The Morgan fingerprint density at radius 1 is 1.42 bits per heavy atom. The smallest absolute Gasteiger partial charge is 0.228 e. The van der Waals surface area contributed by atoms with E-state index in [0.717, 1.165) is 11.3 Å². The highest BCUT2D eigenvalue weighted by molar-refractivity contribution is 5.56. The van der Waals surface area contributed by atoms with Crippen molar-refractivity contribution in [3.05, 3.63) is 24.0 Å². The molecule has 0 bridgehead atoms. The summed E-state index contributed by atoms with van der Waals surface area (Å²) in [4.78, 5) is 4.41. The van der Waals surface area contributed by atoms with Gasteiger partial charge in [0.2, 0.25) is 11.7 Å². The van der Waals surface area contributed by atoms with Gasteiger partial charge in [0.05, 0.1) is 11.8 Å². The minimum absolute atomic E-state index is 0.126. The molecule has 0 saturated heterocycles. The van der Waals surface area contributed by atoms with Crippen molar-refractivity contribution in [3.8, 4) is 11.4 Å². The second-order valence-corrected chi connectivity index (χ2v) is 5.31. The summed E-state index contributed by atoms with van der Waals surface area (Å²) in [6.45, 7) is 1.88. The molecule has 0 aliphatic heterocycles. The van der Waals surface area contributed by atoms with Crippen molar-refractivity contribution >= 4 is 0 Å². The van der Waals surface area contributed by atoms with Crippen LogP contribution in [0.5, 0.6) is 0 Å². The van der Waals surface area contributed by atoms with Crippen LogP contribution in [-0.4, -0.2) is 16.2 Å². The number of hydrogen-bond acceptors (Lipinski definition) is 5. The van der Waals surface area contributed by atoms with E-state index in [1.807, 2.05) is 13.0 Å². The third-order valence-corrected chi connectivity index (χ3v) is 3.98. The summed E-state index contributed by atoms with van der Waals surface area (Å²) in [5.74, 6) is 2.60. The first-order chi connectivity index (χ1) is 9.24. The van der Waals surface area contributed by atoms with Crippen LogP contribution in [0.2, 0.25) is 0 Å². The third-order valence-electron chi connectivity index (χ3n) is 3.98. The summed E-state index contributed by atoms with van der Waals surface area (Å²) in [5, 5.41) is 4.00. The zero-order valence-corrected chi connectivity index (χ0v) is 11.1. The third kappa shape index (κ3) is 2.56. The van der Waals surface area contributed by atoms with E-state index in [-0.39, 0.29) is 6.04 Å². The van der Waals surface area contributed by atoms with Crippen molar-refractivity contribution in [1.82, 2.24) is 10.1 Å². The molecule has 5 heteroatoms. The average molecular weight is 261 g/mol. The van der Waals surface area contributed by atoms with Crippen LogP contribution in [0.1, 0.15) is 37.3 Å². The lowest BCUT2D eigenvalue weighted by atomic mass is 9.96. The lowest BCUT2D eigenvalue weighted by Crippen LogP contribution is -2.30. The predicted octanol–water partition coefficient (Wildman–Crippen LogP) is 2.70. The van der Waals surface area contributed by atoms with Gasteiger partial charge in [0.25, 0.3) is 0 Å². The second-order valence-electron chi connectivity index (χ2n) is 5.31. The molecule has 2 aromatic heterocycles. The van der Waals surface area contributed by atoms with Crippen LogP contribution < -0.4 is 5.73 Å². The summed E-state index contributed by atoms with van der Waals surface area (Å²) in [5.41, 5.74) is 7.10. The molecule has 0 radical (unpaired) electrons. The minimum atomic E-state index is 0.126. The molecule has 1 aliphatic carbocycles. The average Bonchev–Trinajstić information content (AvgIpc) is 3.08. The number of hydrogen-bond donors (Lipinski definition) is 1. The van der Waals surface area contributed by atoms with Gasteiger partial charge in [-0.3, -0.25) is 0 Å². The molecular formula is C14H19N3O2. The van der Waals surface area contributed by atoms with E-state index < -0.39 is 0 Å². The fraction of sp³-hybridized carbons (Fsp3) is 0.571. The zero-order valence-electron chi connectivity index (χ0n) is 11.1. The van der Waals surface area contributed by atoms with Gasteiger partial charge in [-0.1, -0.05) is 18.0 Å². The van der Waals surface area contributed by atoms with Crippen LogP contribution in [0.4, 0.5) is 0 Å². The fourth-order valence-corrected chi connectivity index (χ4v) is 2.82. The highest BCUT2D eigenvalue weighted by atomic mass is 16.5. The van der Waals surface area contributed by atoms with Gasteiger partial charge in [-0.05, 0) is 31.7 Å². The Hall–Kier alpha value is -1.62. The van der Waals surface area contributed by atoms with Crippen LogP contribution in [0.15, 0.2) is 21.3 Å². The summed E-state index contributed by atoms with van der Waals surface area (Å²) < 4.78 is 10.5. The maximum Gasteiger partial charge on any atom is 0.228 e. The van der Waals surface area contributed by atoms with E-state index in [2.05, 4.69) is 10.1 Å². The molecule has 0 spiro atoms. The van der Waals surface area contributed by atoms with Crippen LogP contribution >= 0.6 is 0 Å². The Morgan fingerprint density at radius 3 is 2.89 bits per heavy atom. The van der Waals surface area contributed by atoms with E-state index in [1.165, 1.54) is 25.7 Å². The normalized spacial score (nSPS) is 18.0. The standard InChI is InChI=1S/C14H19N3O2/c1-9-11(6-7-18-9)14-16-13(19-17-14)8-12(15)10-4-2-3-5-10/h6-7,10,12H,2-5,8,15H2,1H3. The van der Waals surface area contributed by atoms with Gasteiger partial charge in [0, 0.05) is 12.5 Å². The minimum Gasteiger partial charge on any atom is -0.469 e. The highest BCUT2D eigenvalue weighted by Gasteiger charge is 2.24. The van der Waals surface area contributed by atoms with Crippen LogP contribution in [-0.2, 0) is 6.42 Å². The van der Waals surface area contributed by atoms with Crippen molar-refractivity contribution in [2.75, 3.05) is 0 Å². The SMILES string of the molecule is Cc1occc1-c1noc(CC(N)C2CCCC2)n1. The molecule has 2 heterocycles. The molecule has 2 N–H and O–H groups in total. The Labute approximate surface area is 112 Å². The number of aryl methyl sites for hydroxylation is 1. The topological polar surface area (TPSA) is 78.1 Å². The molecule has 0 amide bonds. The number of aromatic nitrogens is 2. The summed E-state index contributed by atoms with van der Waals surface area (Å²) in [6.07, 6.45) is 7.33. The number of furan rings is 1. The first-order valence-electron chi connectivity index (χ1n) is 6.86. The molecule has 1 aliphatic rings. The lowest BCUT2D eigenvalue weighted by Gasteiger charge is -2.16. The Kier molecular flexibility index (Phi) is 3.38. The molecule has 1 unspecified atom stereocenters. The quantitative estimate of drug-likeness (QED) is 0.915. The van der Waals surface area contributed by atoms with Crippen molar-refractivity contribution in [2.24, 2.45) is 11.7 Å². The summed E-state index contributed by atoms with van der Waals surface area (Å²) in [7, 11) is 0. The molecule has 19 heavy (non-hydrogen) atoms. The van der Waals surface area contributed by atoms with Crippen molar-refractivity contribution in [1.29, 1.82) is 0 Å². The lowest BCUT2D eigenvalue weighted by molar-refractivity contribution is 0.341. The van der Waals surface area contributed by atoms with E-state index in [0.29, 0.717) is 24.1 Å². The first kappa shape index (κ1) is 12.4. The Balaban J connectivity index is 1.69. The summed E-state index contributed by atoms with van der Waals surface area (Å²) >= 11 is 0. The maximum atomic E-state index is 6.22. The van der Waals surface area contributed by atoms with Crippen LogP contribution in [0.3, 0.4) is 0 Å². The fourth-order valence-electron chi connectivity index (χ4n) is 2.82. The second kappa shape index (κ2) is 5.17. The Morgan fingerprint density at radius 2 is 2.21 bits per heavy atom. The monoisotopic (exact) mass is 261 g/mol. The van der Waals surface area contributed by atoms with Gasteiger partial charge in [0.15, 0.2) is 0 Å². The van der Waals surface area contributed by atoms with Gasteiger partial charge in [-0.15, -0.1) is 0 Å². The largest absolute Gasteiger partial charge is 0.469 e. The van der Waals surface area contributed by atoms with Gasteiger partial charge in [0.1, 0.15) is 5.76 Å². The van der Waals surface area contributed by atoms with Crippen molar-refractivity contribution in [3.63, 3.8) is 0 Å². The van der Waals surface area contributed by atoms with Gasteiger partial charge < -0.3 is 14.7 Å². The molecule has 1 saturated carbocycles. The van der Waals surface area contributed by atoms with E-state index in [1.54, 1.807) is 6.26 Å². The molecule has 102 valence electrons. The molecule has 5 nitrogen and oxygen atoms in total. The van der Waals surface area contributed by atoms with Gasteiger partial charge in [-0.25, -0.2) is 0 Å². The van der Waals surface area contributed by atoms with E-state index in [4.69, 9.17) is 14.7 Å². The molecule has 2 aromatic rings. The number of nitrogens with zero attached hydrogens (tertiary/aromatic N) is 2. The van der Waals surface area contributed by atoms with Crippen molar-refractivity contribution < 1.29 is 8.94 Å². The van der Waals surface area contributed by atoms with Gasteiger partial charge in [-0.2, -0.15) is 4.98 Å². The maximum absolute atomic E-state index is 6.22. The van der Waals surface area contributed by atoms with E-state index >= 15 is 0 Å². The van der Waals surface area contributed by atoms with Crippen LogP contribution in [0.25, 0.3) is 11.4 Å². The Bertz CT molecular complexity index is 540. The molecule has 3 rings (SSSR count).